The Bertz CT molecular complexity index is 569. The topological polar surface area (TPSA) is 92.5 Å². The van der Waals surface area contributed by atoms with Crippen molar-refractivity contribution in [1.82, 2.24) is 9.62 Å². The van der Waals surface area contributed by atoms with Gasteiger partial charge in [-0.2, -0.15) is 4.31 Å². The van der Waals surface area contributed by atoms with Crippen molar-refractivity contribution in [2.24, 2.45) is 0 Å². The summed E-state index contributed by atoms with van der Waals surface area (Å²) in [5, 5.41) is 2.73. The van der Waals surface area contributed by atoms with Gasteiger partial charge < -0.3 is 11.1 Å². The monoisotopic (exact) mass is 297 g/mol. The number of nitrogens with zero attached hydrogens (tertiary/aromatic N) is 1. The summed E-state index contributed by atoms with van der Waals surface area (Å²) in [4.78, 5) is 11.7. The van der Waals surface area contributed by atoms with Gasteiger partial charge in [0.1, 0.15) is 0 Å². The van der Waals surface area contributed by atoms with Crippen LogP contribution in [-0.4, -0.2) is 44.0 Å². The number of hydrogen-bond acceptors (Lipinski definition) is 4. The Morgan fingerprint density at radius 3 is 2.60 bits per heavy atom. The molecule has 0 unspecified atom stereocenters. The Kier molecular flexibility index (Phi) is 4.61. The molecule has 0 radical (unpaired) electrons. The van der Waals surface area contributed by atoms with Gasteiger partial charge in [-0.3, -0.25) is 4.79 Å². The second-order valence-electron chi connectivity index (χ2n) is 4.84. The lowest BCUT2D eigenvalue weighted by Crippen LogP contribution is -2.38. The SMILES string of the molecule is Nc1ccc(CCNC(=O)CN2CCCS2(=O)=O)cc1. The van der Waals surface area contributed by atoms with E-state index in [4.69, 9.17) is 5.73 Å². The predicted molar refractivity (Wildman–Crippen MR) is 77.5 cm³/mol. The number of anilines is 1. The number of hydrogen-bond donors (Lipinski definition) is 2. The van der Waals surface area contributed by atoms with Crippen LogP contribution in [-0.2, 0) is 21.2 Å². The van der Waals surface area contributed by atoms with Crippen molar-refractivity contribution in [3.63, 3.8) is 0 Å². The molecule has 6 nitrogen and oxygen atoms in total. The lowest BCUT2D eigenvalue weighted by molar-refractivity contribution is -0.121. The minimum atomic E-state index is -3.21. The van der Waals surface area contributed by atoms with Gasteiger partial charge in [-0.25, -0.2) is 8.42 Å². The number of amides is 1. The molecule has 1 aromatic rings. The van der Waals surface area contributed by atoms with Crippen LogP contribution in [0.25, 0.3) is 0 Å². The Morgan fingerprint density at radius 2 is 2.00 bits per heavy atom. The third-order valence-electron chi connectivity index (χ3n) is 3.24. The molecule has 1 aliphatic heterocycles. The predicted octanol–water partition coefficient (Wildman–Crippen LogP) is -0.0370. The van der Waals surface area contributed by atoms with Crippen LogP contribution in [0.4, 0.5) is 5.69 Å². The van der Waals surface area contributed by atoms with Crippen molar-refractivity contribution >= 4 is 21.6 Å². The molecule has 110 valence electrons. The van der Waals surface area contributed by atoms with Crippen LogP contribution in [0.2, 0.25) is 0 Å². The highest BCUT2D eigenvalue weighted by molar-refractivity contribution is 7.89. The fraction of sp³-hybridized carbons (Fsp3) is 0.462. The van der Waals surface area contributed by atoms with E-state index >= 15 is 0 Å². The Labute approximate surface area is 119 Å². The van der Waals surface area contributed by atoms with Gasteiger partial charge in [-0.15, -0.1) is 0 Å². The number of sulfonamides is 1. The van der Waals surface area contributed by atoms with E-state index in [1.54, 1.807) is 0 Å². The standard InChI is InChI=1S/C13H19N3O3S/c14-12-4-2-11(3-5-12)6-7-15-13(17)10-16-8-1-9-20(16,18)19/h2-5H,1,6-10,14H2,(H,15,17). The van der Waals surface area contributed by atoms with E-state index in [2.05, 4.69) is 5.32 Å². The Morgan fingerprint density at radius 1 is 1.30 bits per heavy atom. The number of rotatable bonds is 5. The fourth-order valence-corrected chi connectivity index (χ4v) is 3.59. The minimum absolute atomic E-state index is 0.0793. The van der Waals surface area contributed by atoms with Crippen LogP contribution < -0.4 is 11.1 Å². The van der Waals surface area contributed by atoms with Gasteiger partial charge in [0.05, 0.1) is 12.3 Å². The highest BCUT2D eigenvalue weighted by atomic mass is 32.2. The van der Waals surface area contributed by atoms with Crippen LogP contribution in [0, 0.1) is 0 Å². The van der Waals surface area contributed by atoms with Gasteiger partial charge in [0.15, 0.2) is 0 Å². The Hall–Kier alpha value is -1.60. The van der Waals surface area contributed by atoms with E-state index in [1.807, 2.05) is 24.3 Å². The first kappa shape index (κ1) is 14.8. The van der Waals surface area contributed by atoms with E-state index in [0.29, 0.717) is 31.6 Å². The zero-order valence-corrected chi connectivity index (χ0v) is 12.0. The van der Waals surface area contributed by atoms with Crippen molar-refractivity contribution in [3.8, 4) is 0 Å². The lowest BCUT2D eigenvalue weighted by Gasteiger charge is -2.13. The number of nitrogens with one attached hydrogen (secondary N) is 1. The molecule has 20 heavy (non-hydrogen) atoms. The molecule has 3 N–H and O–H groups in total. The van der Waals surface area contributed by atoms with Gasteiger partial charge >= 0.3 is 0 Å². The molecule has 0 atom stereocenters. The number of carbonyl (C=O) groups is 1. The van der Waals surface area contributed by atoms with Crippen LogP contribution in [0.15, 0.2) is 24.3 Å². The number of carbonyl (C=O) groups excluding carboxylic acids is 1. The molecule has 7 heteroatoms. The van der Waals surface area contributed by atoms with E-state index in [1.165, 1.54) is 4.31 Å². The highest BCUT2D eigenvalue weighted by Gasteiger charge is 2.29. The van der Waals surface area contributed by atoms with Crippen LogP contribution in [0.5, 0.6) is 0 Å². The molecule has 1 aliphatic rings. The first-order valence-corrected chi connectivity index (χ1v) is 8.17. The summed E-state index contributed by atoms with van der Waals surface area (Å²) in [6, 6.07) is 7.45. The quantitative estimate of drug-likeness (QED) is 0.746. The molecular weight excluding hydrogens is 278 g/mol. The molecule has 1 amide bonds. The molecule has 1 aromatic carbocycles. The maximum absolute atomic E-state index is 11.7. The van der Waals surface area contributed by atoms with Crippen molar-refractivity contribution in [3.05, 3.63) is 29.8 Å². The van der Waals surface area contributed by atoms with Crippen molar-refractivity contribution in [2.45, 2.75) is 12.8 Å². The number of nitrogen functional groups attached to an aromatic ring is 1. The summed E-state index contributed by atoms with van der Waals surface area (Å²) < 4.78 is 24.4. The summed E-state index contributed by atoms with van der Waals surface area (Å²) in [5.74, 6) is -0.114. The second-order valence-corrected chi connectivity index (χ2v) is 6.93. The number of nitrogens with two attached hydrogens (primary N) is 1. The third-order valence-corrected chi connectivity index (χ3v) is 5.14. The van der Waals surface area contributed by atoms with Crippen LogP contribution >= 0.6 is 0 Å². The van der Waals surface area contributed by atoms with Crippen LogP contribution in [0.1, 0.15) is 12.0 Å². The first-order valence-electron chi connectivity index (χ1n) is 6.56. The summed E-state index contributed by atoms with van der Waals surface area (Å²) in [7, 11) is -3.21. The van der Waals surface area contributed by atoms with E-state index in [-0.39, 0.29) is 18.2 Å². The highest BCUT2D eigenvalue weighted by Crippen LogP contribution is 2.12. The smallest absolute Gasteiger partial charge is 0.235 e. The van der Waals surface area contributed by atoms with E-state index in [0.717, 1.165) is 5.56 Å². The molecule has 1 heterocycles. The minimum Gasteiger partial charge on any atom is -0.399 e. The van der Waals surface area contributed by atoms with Gasteiger partial charge in [0.2, 0.25) is 15.9 Å². The number of benzene rings is 1. The van der Waals surface area contributed by atoms with Crippen LogP contribution in [0.3, 0.4) is 0 Å². The van der Waals surface area contributed by atoms with Gasteiger partial charge in [0.25, 0.3) is 0 Å². The molecule has 0 aromatic heterocycles. The summed E-state index contributed by atoms with van der Waals surface area (Å²) in [5.41, 5.74) is 7.37. The summed E-state index contributed by atoms with van der Waals surface area (Å²) >= 11 is 0. The summed E-state index contributed by atoms with van der Waals surface area (Å²) in [6.07, 6.45) is 1.29. The zero-order chi connectivity index (χ0) is 14.6. The molecule has 2 rings (SSSR count). The average Bonchev–Trinajstić information content (AvgIpc) is 2.71. The molecule has 0 spiro atoms. The molecule has 0 aliphatic carbocycles. The first-order chi connectivity index (χ1) is 9.47. The zero-order valence-electron chi connectivity index (χ0n) is 11.2. The van der Waals surface area contributed by atoms with Crippen molar-refractivity contribution < 1.29 is 13.2 Å². The van der Waals surface area contributed by atoms with E-state index < -0.39 is 10.0 Å². The average molecular weight is 297 g/mol. The van der Waals surface area contributed by atoms with E-state index in [9.17, 15) is 13.2 Å². The van der Waals surface area contributed by atoms with Crippen molar-refractivity contribution in [2.75, 3.05) is 31.1 Å². The normalized spacial score (nSPS) is 18.0. The molecule has 1 saturated heterocycles. The maximum Gasteiger partial charge on any atom is 0.235 e. The van der Waals surface area contributed by atoms with Gasteiger partial charge in [-0.1, -0.05) is 12.1 Å². The Balaban J connectivity index is 1.74. The fourth-order valence-electron chi connectivity index (χ4n) is 2.12. The molecule has 0 bridgehead atoms. The lowest BCUT2D eigenvalue weighted by atomic mass is 10.1. The van der Waals surface area contributed by atoms with Gasteiger partial charge in [-0.05, 0) is 30.5 Å². The largest absolute Gasteiger partial charge is 0.399 e. The second kappa shape index (κ2) is 6.23. The maximum atomic E-state index is 11.7. The molecular formula is C13H19N3O3S. The third kappa shape index (κ3) is 3.94. The molecule has 0 saturated carbocycles. The summed E-state index contributed by atoms with van der Waals surface area (Å²) in [6.45, 7) is 0.842. The van der Waals surface area contributed by atoms with Gasteiger partial charge in [0, 0.05) is 18.8 Å². The molecule has 1 fully saturated rings. The van der Waals surface area contributed by atoms with Crippen molar-refractivity contribution in [1.29, 1.82) is 0 Å².